The lowest BCUT2D eigenvalue weighted by molar-refractivity contribution is -0.132. The summed E-state index contributed by atoms with van der Waals surface area (Å²) < 4.78 is 10.7. The molecule has 2 aliphatic heterocycles. The number of amides is 2. The van der Waals surface area contributed by atoms with Crippen LogP contribution in [0.1, 0.15) is 25.1 Å². The van der Waals surface area contributed by atoms with E-state index in [0.717, 1.165) is 5.56 Å². The number of aromatic nitrogens is 1. The van der Waals surface area contributed by atoms with Gasteiger partial charge in [-0.15, -0.1) is 0 Å². The third-order valence-electron chi connectivity index (χ3n) is 7.18. The van der Waals surface area contributed by atoms with E-state index in [1.165, 1.54) is 0 Å². The first kappa shape index (κ1) is 29.8. The highest BCUT2D eigenvalue weighted by molar-refractivity contribution is 5.97. The highest BCUT2D eigenvalue weighted by atomic mass is 16.6. The molecule has 0 radical (unpaired) electrons. The Balaban J connectivity index is 1.43. The Morgan fingerprint density at radius 3 is 2.38 bits per heavy atom. The van der Waals surface area contributed by atoms with E-state index in [2.05, 4.69) is 20.9 Å². The molecule has 5 unspecified atom stereocenters. The lowest BCUT2D eigenvalue weighted by Gasteiger charge is -2.29. The maximum absolute atomic E-state index is 13.6. The number of nitrogens with zero attached hydrogens (tertiary/aromatic N) is 2. The predicted molar refractivity (Wildman–Crippen MR) is 147 cm³/mol. The van der Waals surface area contributed by atoms with Gasteiger partial charge in [0.05, 0.1) is 44.5 Å². The molecule has 2 saturated heterocycles. The topological polar surface area (TPSA) is 145 Å². The molecule has 2 aromatic rings. The number of aliphatic hydroxyl groups is 1. The monoisotopic (exact) mass is 553 g/mol. The zero-order valence-corrected chi connectivity index (χ0v) is 23.0. The Morgan fingerprint density at radius 1 is 1.02 bits per heavy atom. The van der Waals surface area contributed by atoms with Crippen molar-refractivity contribution >= 4 is 17.6 Å². The van der Waals surface area contributed by atoms with E-state index in [-0.39, 0.29) is 24.7 Å². The molecule has 2 amide bonds. The van der Waals surface area contributed by atoms with Crippen molar-refractivity contribution in [2.75, 3.05) is 39.5 Å². The molecule has 11 nitrogen and oxygen atoms in total. The van der Waals surface area contributed by atoms with Crippen molar-refractivity contribution in [3.8, 4) is 0 Å². The van der Waals surface area contributed by atoms with Crippen molar-refractivity contribution in [3.05, 3.63) is 66.0 Å². The third-order valence-corrected chi connectivity index (χ3v) is 7.18. The number of benzene rings is 1. The minimum absolute atomic E-state index is 0.165. The summed E-state index contributed by atoms with van der Waals surface area (Å²) in [5.74, 6) is -0.896. The van der Waals surface area contributed by atoms with Gasteiger partial charge in [-0.3, -0.25) is 29.6 Å². The van der Waals surface area contributed by atoms with Gasteiger partial charge in [0, 0.05) is 31.4 Å². The van der Waals surface area contributed by atoms with Gasteiger partial charge in [0.1, 0.15) is 11.8 Å². The van der Waals surface area contributed by atoms with Crippen LogP contribution in [0.5, 0.6) is 0 Å². The number of epoxide rings is 1. The molecule has 0 spiro atoms. The van der Waals surface area contributed by atoms with Crippen LogP contribution in [0, 0.1) is 0 Å². The van der Waals surface area contributed by atoms with Crippen LogP contribution in [0.25, 0.3) is 0 Å². The average Bonchev–Trinajstić information content (AvgIpc) is 3.71. The lowest BCUT2D eigenvalue weighted by atomic mass is 9.94. The second kappa shape index (κ2) is 13.9. The van der Waals surface area contributed by atoms with E-state index >= 15 is 0 Å². The number of ether oxygens (including phenoxy) is 2. The van der Waals surface area contributed by atoms with Gasteiger partial charge in [0.2, 0.25) is 11.8 Å². The smallest absolute Gasteiger partial charge is 0.238 e. The molecule has 1 aromatic carbocycles. The number of carbonyl (C=O) groups is 3. The number of hydrogen-bond donors (Lipinski definition) is 4. The maximum Gasteiger partial charge on any atom is 0.238 e. The third kappa shape index (κ3) is 8.64. The molecule has 0 saturated carbocycles. The summed E-state index contributed by atoms with van der Waals surface area (Å²) in [5, 5.41) is 19.6. The first-order chi connectivity index (χ1) is 19.2. The number of aliphatic hydroxyl groups excluding tert-OH is 1. The minimum Gasteiger partial charge on any atom is -0.379 e. The average molecular weight is 554 g/mol. The van der Waals surface area contributed by atoms with Crippen LogP contribution in [0.2, 0.25) is 0 Å². The summed E-state index contributed by atoms with van der Waals surface area (Å²) in [6.07, 6.45) is 0.859. The number of nitrogens with one attached hydrogen (secondary N) is 3. The molecule has 11 heteroatoms. The van der Waals surface area contributed by atoms with E-state index in [4.69, 9.17) is 9.47 Å². The fourth-order valence-corrected chi connectivity index (χ4v) is 4.60. The summed E-state index contributed by atoms with van der Waals surface area (Å²) in [5.41, 5.74) is 0.612. The molecule has 5 atom stereocenters. The van der Waals surface area contributed by atoms with Gasteiger partial charge in [0.15, 0.2) is 5.78 Å². The van der Waals surface area contributed by atoms with E-state index in [0.29, 0.717) is 45.0 Å². The number of pyridine rings is 1. The maximum atomic E-state index is 13.6. The predicted octanol–water partition coefficient (Wildman–Crippen LogP) is -0.177. The van der Waals surface area contributed by atoms with E-state index in [1.54, 1.807) is 32.2 Å². The van der Waals surface area contributed by atoms with Crippen molar-refractivity contribution in [3.63, 3.8) is 0 Å². The number of morpholine rings is 1. The van der Waals surface area contributed by atoms with Crippen LogP contribution in [-0.4, -0.2) is 102 Å². The summed E-state index contributed by atoms with van der Waals surface area (Å²) in [6, 6.07) is 12.4. The van der Waals surface area contributed by atoms with Crippen LogP contribution < -0.4 is 16.0 Å². The number of hydrogen-bond acceptors (Lipinski definition) is 9. The number of ketones is 1. The Bertz CT molecular complexity index is 1120. The molecular weight excluding hydrogens is 514 g/mol. The zero-order chi connectivity index (χ0) is 28.5. The van der Waals surface area contributed by atoms with Gasteiger partial charge in [0.25, 0.3) is 0 Å². The summed E-state index contributed by atoms with van der Waals surface area (Å²) in [6.45, 7) is 6.38. The van der Waals surface area contributed by atoms with Gasteiger partial charge in [-0.2, -0.15) is 0 Å². The SMILES string of the molecule is CC(NC(=O)CN1CCOCC1)C(O)NC(Cc1ccccn1)C(=O)NC(Cc1ccccc1)C(=O)C1(C)CO1. The molecular formula is C29H39N5O6. The fraction of sp³-hybridized carbons (Fsp3) is 0.517. The highest BCUT2D eigenvalue weighted by Crippen LogP contribution is 2.29. The van der Waals surface area contributed by atoms with Crippen molar-refractivity contribution in [1.82, 2.24) is 25.8 Å². The Morgan fingerprint density at radius 2 is 1.73 bits per heavy atom. The standard InChI is InChI=1S/C29H39N5O6/c1-20(31-25(35)18-34-12-14-39-15-13-34)27(37)33-24(17-22-10-6-7-11-30-22)28(38)32-23(26(36)29(2)19-40-29)16-21-8-4-3-5-9-21/h3-11,20,23-24,27,33,37H,12-19H2,1-2H3,(H,31,35)(H,32,38). The summed E-state index contributed by atoms with van der Waals surface area (Å²) in [7, 11) is 0. The lowest BCUT2D eigenvalue weighted by Crippen LogP contribution is -2.59. The molecule has 0 bridgehead atoms. The van der Waals surface area contributed by atoms with Gasteiger partial charge in [-0.25, -0.2) is 0 Å². The van der Waals surface area contributed by atoms with E-state index in [1.807, 2.05) is 41.3 Å². The van der Waals surface area contributed by atoms with Crippen LogP contribution >= 0.6 is 0 Å². The Kier molecular flexibility index (Phi) is 10.3. The molecule has 0 aliphatic carbocycles. The second-order valence-electron chi connectivity index (χ2n) is 10.6. The first-order valence-electron chi connectivity index (χ1n) is 13.7. The molecule has 2 fully saturated rings. The number of carbonyl (C=O) groups excluding carboxylic acids is 3. The normalized spacial score (nSPS) is 22.0. The van der Waals surface area contributed by atoms with Crippen molar-refractivity contribution in [2.45, 2.75) is 56.6 Å². The van der Waals surface area contributed by atoms with Crippen molar-refractivity contribution < 1.29 is 29.0 Å². The van der Waals surface area contributed by atoms with Crippen LogP contribution in [0.3, 0.4) is 0 Å². The van der Waals surface area contributed by atoms with E-state index in [9.17, 15) is 19.5 Å². The molecule has 3 heterocycles. The van der Waals surface area contributed by atoms with Gasteiger partial charge in [-0.05, 0) is 38.0 Å². The number of rotatable bonds is 14. The molecule has 1 aromatic heterocycles. The second-order valence-corrected chi connectivity index (χ2v) is 10.6. The first-order valence-corrected chi connectivity index (χ1v) is 13.7. The van der Waals surface area contributed by atoms with Crippen LogP contribution in [-0.2, 0) is 36.7 Å². The van der Waals surface area contributed by atoms with Gasteiger partial charge in [-0.1, -0.05) is 36.4 Å². The number of Topliss-reactive ketones (excluding diaryl/α,β-unsaturated/α-hetero) is 1. The molecule has 4 rings (SSSR count). The Hall–Kier alpha value is -3.22. The van der Waals surface area contributed by atoms with E-state index < -0.39 is 35.9 Å². The van der Waals surface area contributed by atoms with Crippen molar-refractivity contribution in [2.24, 2.45) is 0 Å². The largest absolute Gasteiger partial charge is 0.379 e. The highest BCUT2D eigenvalue weighted by Gasteiger charge is 2.50. The van der Waals surface area contributed by atoms with Gasteiger partial charge >= 0.3 is 0 Å². The van der Waals surface area contributed by atoms with Crippen molar-refractivity contribution in [1.29, 1.82) is 0 Å². The molecule has 216 valence electrons. The van der Waals surface area contributed by atoms with Crippen LogP contribution in [0.15, 0.2) is 54.7 Å². The van der Waals surface area contributed by atoms with Gasteiger partial charge < -0.3 is 25.2 Å². The molecule has 4 N–H and O–H groups in total. The summed E-state index contributed by atoms with van der Waals surface area (Å²) >= 11 is 0. The fourth-order valence-electron chi connectivity index (χ4n) is 4.60. The molecule has 2 aliphatic rings. The quantitative estimate of drug-likeness (QED) is 0.185. The molecule has 40 heavy (non-hydrogen) atoms. The Labute approximate surface area is 234 Å². The zero-order valence-electron chi connectivity index (χ0n) is 23.0. The summed E-state index contributed by atoms with van der Waals surface area (Å²) in [4.78, 5) is 45.8. The minimum atomic E-state index is -1.24. The van der Waals surface area contributed by atoms with Crippen LogP contribution in [0.4, 0.5) is 0 Å².